The predicted octanol–water partition coefficient (Wildman–Crippen LogP) is 3.54. The van der Waals surface area contributed by atoms with Crippen LogP contribution in [0.5, 0.6) is 5.75 Å². The summed E-state index contributed by atoms with van der Waals surface area (Å²) in [6, 6.07) is 15.4. The maximum Gasteiger partial charge on any atom is 0.243 e. The SMILES string of the molecule is CCCCc1ccc(S(=O)(=O)N2CCN(Cc3cccc(OC)c3)CC2)cc1. The van der Waals surface area contributed by atoms with Crippen LogP contribution in [0.4, 0.5) is 0 Å². The third-order valence-electron chi connectivity index (χ3n) is 5.25. The van der Waals surface area contributed by atoms with Gasteiger partial charge in [0, 0.05) is 32.7 Å². The van der Waals surface area contributed by atoms with Crippen molar-refractivity contribution < 1.29 is 13.2 Å². The van der Waals surface area contributed by atoms with Gasteiger partial charge < -0.3 is 4.74 Å². The van der Waals surface area contributed by atoms with Gasteiger partial charge in [-0.1, -0.05) is 37.6 Å². The first kappa shape index (κ1) is 20.8. The summed E-state index contributed by atoms with van der Waals surface area (Å²) in [5.74, 6) is 0.848. The quantitative estimate of drug-likeness (QED) is 0.678. The lowest BCUT2D eigenvalue weighted by Crippen LogP contribution is -2.48. The van der Waals surface area contributed by atoms with Crippen molar-refractivity contribution in [1.82, 2.24) is 9.21 Å². The second-order valence-corrected chi connectivity index (χ2v) is 9.22. The summed E-state index contributed by atoms with van der Waals surface area (Å²) in [5.41, 5.74) is 2.38. The van der Waals surface area contributed by atoms with E-state index in [0.29, 0.717) is 18.0 Å². The smallest absolute Gasteiger partial charge is 0.243 e. The monoisotopic (exact) mass is 402 g/mol. The molecule has 28 heavy (non-hydrogen) atoms. The normalized spacial score (nSPS) is 16.2. The molecule has 1 aliphatic heterocycles. The van der Waals surface area contributed by atoms with Gasteiger partial charge in [0.25, 0.3) is 0 Å². The van der Waals surface area contributed by atoms with Crippen molar-refractivity contribution in [2.24, 2.45) is 0 Å². The van der Waals surface area contributed by atoms with Crippen molar-refractivity contribution in [3.63, 3.8) is 0 Å². The van der Waals surface area contributed by atoms with Crippen molar-refractivity contribution in [1.29, 1.82) is 0 Å². The van der Waals surface area contributed by atoms with E-state index in [4.69, 9.17) is 4.74 Å². The molecule has 2 aromatic carbocycles. The molecular weight excluding hydrogens is 372 g/mol. The molecule has 0 atom stereocenters. The molecule has 0 N–H and O–H groups in total. The van der Waals surface area contributed by atoms with Crippen LogP contribution in [0.15, 0.2) is 53.4 Å². The fourth-order valence-corrected chi connectivity index (χ4v) is 4.94. The second kappa shape index (κ2) is 9.54. The number of nitrogens with zero attached hydrogens (tertiary/aromatic N) is 2. The molecule has 0 unspecified atom stereocenters. The van der Waals surface area contributed by atoms with Gasteiger partial charge in [-0.2, -0.15) is 4.31 Å². The Kier molecular flexibility index (Phi) is 7.10. The molecule has 1 aliphatic rings. The van der Waals surface area contributed by atoms with Gasteiger partial charge in [-0.3, -0.25) is 4.90 Å². The number of methoxy groups -OCH3 is 1. The highest BCUT2D eigenvalue weighted by Gasteiger charge is 2.28. The molecule has 1 heterocycles. The minimum absolute atomic E-state index is 0.397. The molecule has 0 aliphatic carbocycles. The van der Waals surface area contributed by atoms with Gasteiger partial charge in [-0.05, 0) is 48.2 Å². The van der Waals surface area contributed by atoms with Crippen molar-refractivity contribution in [2.45, 2.75) is 37.6 Å². The zero-order valence-corrected chi connectivity index (χ0v) is 17.6. The fraction of sp³-hybridized carbons (Fsp3) is 0.455. The van der Waals surface area contributed by atoms with Crippen molar-refractivity contribution in [3.8, 4) is 5.75 Å². The number of aryl methyl sites for hydroxylation is 1. The third-order valence-corrected chi connectivity index (χ3v) is 7.16. The highest BCUT2D eigenvalue weighted by Crippen LogP contribution is 2.20. The van der Waals surface area contributed by atoms with Gasteiger partial charge in [-0.15, -0.1) is 0 Å². The van der Waals surface area contributed by atoms with E-state index in [-0.39, 0.29) is 0 Å². The Bertz CT molecular complexity index is 858. The van der Waals surface area contributed by atoms with E-state index >= 15 is 0 Å². The number of benzene rings is 2. The average molecular weight is 403 g/mol. The lowest BCUT2D eigenvalue weighted by molar-refractivity contribution is 0.181. The molecular formula is C22H30N2O3S. The van der Waals surface area contributed by atoms with E-state index in [2.05, 4.69) is 17.9 Å². The predicted molar refractivity (Wildman–Crippen MR) is 112 cm³/mol. The van der Waals surface area contributed by atoms with E-state index in [1.807, 2.05) is 30.3 Å². The van der Waals surface area contributed by atoms with Gasteiger partial charge in [0.15, 0.2) is 0 Å². The number of piperazine rings is 1. The molecule has 6 heteroatoms. The highest BCUT2D eigenvalue weighted by molar-refractivity contribution is 7.89. The minimum atomic E-state index is -3.42. The van der Waals surface area contributed by atoms with Crippen LogP contribution in [0.2, 0.25) is 0 Å². The standard InChI is InChI=1S/C22H30N2O3S/c1-3-4-6-19-9-11-22(12-10-19)28(25,26)24-15-13-23(14-16-24)18-20-7-5-8-21(17-20)27-2/h5,7-12,17H,3-4,6,13-16,18H2,1-2H3. The van der Waals surface area contributed by atoms with Crippen LogP contribution in [0, 0.1) is 0 Å². The van der Waals surface area contributed by atoms with E-state index in [9.17, 15) is 8.42 Å². The lowest BCUT2D eigenvalue weighted by Gasteiger charge is -2.34. The molecule has 1 fully saturated rings. The van der Waals surface area contributed by atoms with Crippen LogP contribution < -0.4 is 4.74 Å². The first-order valence-electron chi connectivity index (χ1n) is 9.97. The van der Waals surface area contributed by atoms with Crippen LogP contribution in [0.3, 0.4) is 0 Å². The molecule has 0 bridgehead atoms. The number of hydrogen-bond donors (Lipinski definition) is 0. The van der Waals surface area contributed by atoms with Gasteiger partial charge in [-0.25, -0.2) is 8.42 Å². The van der Waals surface area contributed by atoms with E-state index in [1.54, 1.807) is 23.5 Å². The summed E-state index contributed by atoms with van der Waals surface area (Å²) >= 11 is 0. The number of ether oxygens (including phenoxy) is 1. The van der Waals surface area contributed by atoms with Gasteiger partial charge in [0.2, 0.25) is 10.0 Å². The van der Waals surface area contributed by atoms with Crippen molar-refractivity contribution >= 4 is 10.0 Å². The number of unbranched alkanes of at least 4 members (excludes halogenated alkanes) is 1. The zero-order valence-electron chi connectivity index (χ0n) is 16.8. The van der Waals surface area contributed by atoms with Crippen LogP contribution in [0.25, 0.3) is 0 Å². The summed E-state index contributed by atoms with van der Waals surface area (Å²) in [5, 5.41) is 0. The van der Waals surface area contributed by atoms with Gasteiger partial charge in [0.05, 0.1) is 12.0 Å². The lowest BCUT2D eigenvalue weighted by atomic mass is 10.1. The highest BCUT2D eigenvalue weighted by atomic mass is 32.2. The van der Waals surface area contributed by atoms with Crippen LogP contribution in [-0.2, 0) is 23.0 Å². The Hall–Kier alpha value is -1.89. The first-order valence-corrected chi connectivity index (χ1v) is 11.4. The van der Waals surface area contributed by atoms with Crippen LogP contribution in [-0.4, -0.2) is 50.9 Å². The molecule has 0 amide bonds. The maximum atomic E-state index is 13.0. The molecule has 0 saturated carbocycles. The van der Waals surface area contributed by atoms with Crippen molar-refractivity contribution in [3.05, 3.63) is 59.7 Å². The second-order valence-electron chi connectivity index (χ2n) is 7.28. The zero-order chi connectivity index (χ0) is 20.0. The topological polar surface area (TPSA) is 49.9 Å². The third kappa shape index (κ3) is 5.13. The molecule has 152 valence electrons. The van der Waals surface area contributed by atoms with Gasteiger partial charge in [0.1, 0.15) is 5.75 Å². The molecule has 0 spiro atoms. The molecule has 1 saturated heterocycles. The molecule has 2 aromatic rings. The number of hydrogen-bond acceptors (Lipinski definition) is 4. The van der Waals surface area contributed by atoms with E-state index in [0.717, 1.165) is 44.6 Å². The van der Waals surface area contributed by atoms with E-state index < -0.39 is 10.0 Å². The number of rotatable bonds is 8. The van der Waals surface area contributed by atoms with Crippen LogP contribution in [0.1, 0.15) is 30.9 Å². The molecule has 3 rings (SSSR count). The Balaban J connectivity index is 1.58. The molecule has 0 radical (unpaired) electrons. The molecule has 5 nitrogen and oxygen atoms in total. The summed E-state index contributed by atoms with van der Waals surface area (Å²) in [7, 11) is -1.75. The largest absolute Gasteiger partial charge is 0.497 e. The Morgan fingerprint density at radius 3 is 2.32 bits per heavy atom. The Labute approximate surface area is 169 Å². The maximum absolute atomic E-state index is 13.0. The average Bonchev–Trinajstić information content (AvgIpc) is 2.73. The van der Waals surface area contributed by atoms with E-state index in [1.165, 1.54) is 11.1 Å². The summed E-state index contributed by atoms with van der Waals surface area (Å²) in [6.45, 7) is 5.45. The Morgan fingerprint density at radius 2 is 1.68 bits per heavy atom. The van der Waals surface area contributed by atoms with Gasteiger partial charge >= 0.3 is 0 Å². The summed E-state index contributed by atoms with van der Waals surface area (Å²) in [4.78, 5) is 2.68. The van der Waals surface area contributed by atoms with Crippen LogP contribution >= 0.6 is 0 Å². The Morgan fingerprint density at radius 1 is 0.964 bits per heavy atom. The minimum Gasteiger partial charge on any atom is -0.497 e. The first-order chi connectivity index (χ1) is 13.5. The fourth-order valence-electron chi connectivity index (χ4n) is 3.52. The van der Waals surface area contributed by atoms with Crippen molar-refractivity contribution in [2.75, 3.05) is 33.3 Å². The number of sulfonamides is 1. The molecule has 0 aromatic heterocycles. The summed E-state index contributed by atoms with van der Waals surface area (Å²) < 4.78 is 32.8. The summed E-state index contributed by atoms with van der Waals surface area (Å²) in [6.07, 6.45) is 3.27.